The van der Waals surface area contributed by atoms with Crippen LogP contribution in [0.2, 0.25) is 5.02 Å². The van der Waals surface area contributed by atoms with Crippen LogP contribution in [0.3, 0.4) is 0 Å². The lowest BCUT2D eigenvalue weighted by Gasteiger charge is -2.30. The summed E-state index contributed by atoms with van der Waals surface area (Å²) in [4.78, 5) is 42.5. The van der Waals surface area contributed by atoms with Crippen LogP contribution in [-0.4, -0.2) is 77.1 Å². The number of anilines is 1. The van der Waals surface area contributed by atoms with Crippen molar-refractivity contribution >= 4 is 56.5 Å². The van der Waals surface area contributed by atoms with Gasteiger partial charge in [0.2, 0.25) is 5.91 Å². The van der Waals surface area contributed by atoms with Crippen molar-refractivity contribution in [2.45, 2.75) is 63.1 Å². The molecular weight excluding hydrogens is 617 g/mol. The van der Waals surface area contributed by atoms with Gasteiger partial charge in [-0.25, -0.2) is 4.39 Å². The Hall–Kier alpha value is -3.05. The van der Waals surface area contributed by atoms with Gasteiger partial charge in [0.15, 0.2) is 0 Å². The Labute approximate surface area is 270 Å². The summed E-state index contributed by atoms with van der Waals surface area (Å²) in [7, 11) is 0. The predicted octanol–water partition coefficient (Wildman–Crippen LogP) is 6.07. The number of amides is 2. The number of likely N-dealkylation sites (tertiary alicyclic amines) is 2. The number of thiophene rings is 1. The van der Waals surface area contributed by atoms with Crippen molar-refractivity contribution in [3.63, 3.8) is 0 Å². The summed E-state index contributed by atoms with van der Waals surface area (Å²) >= 11 is 7.98. The first-order valence-electron chi connectivity index (χ1n) is 15.9. The van der Waals surface area contributed by atoms with E-state index in [1.54, 1.807) is 5.38 Å². The van der Waals surface area contributed by atoms with E-state index >= 15 is 4.39 Å². The van der Waals surface area contributed by atoms with E-state index in [0.29, 0.717) is 44.4 Å². The first-order valence-corrected chi connectivity index (χ1v) is 17.1. The van der Waals surface area contributed by atoms with Gasteiger partial charge in [-0.15, -0.1) is 11.3 Å². The number of carboxylic acids is 1. The van der Waals surface area contributed by atoms with Gasteiger partial charge in [0.1, 0.15) is 5.82 Å². The molecule has 2 aliphatic carbocycles. The fraction of sp³-hybridized carbons (Fsp3) is 0.500. The number of carbonyl (C=O) groups excluding carboxylic acids is 2. The molecule has 7 rings (SSSR count). The van der Waals surface area contributed by atoms with Gasteiger partial charge in [-0.2, -0.15) is 0 Å². The van der Waals surface area contributed by atoms with E-state index in [9.17, 15) is 19.5 Å². The minimum Gasteiger partial charge on any atom is -0.481 e. The molecular formula is C34H37ClFN3O5S. The zero-order chi connectivity index (χ0) is 31.2. The van der Waals surface area contributed by atoms with Gasteiger partial charge >= 0.3 is 5.97 Å². The van der Waals surface area contributed by atoms with E-state index < -0.39 is 11.8 Å². The van der Waals surface area contributed by atoms with Crippen LogP contribution < -0.4 is 5.32 Å². The molecule has 4 aliphatic rings. The average molecular weight is 654 g/mol. The van der Waals surface area contributed by atoms with E-state index in [1.165, 1.54) is 29.9 Å². The number of carboxylic acid groups (broad SMARTS) is 1. The standard InChI is InChI=1S/C34H37ClFN3O5S/c35-28-10-20(29(36)13-30(28)37-33(41)27-18-45-31-4-2-1-3-26(27)31)11-32(40)39-16-23(38-14-21-9-22(21)15-38)12-24(39)17-44-25-7-5-19(6-8-25)34(42)43/h1-4,10,13,18-19,21-25H,5-9,11-12,14-17H2,(H,37,41)(H,42,43)/t19-,21-,22+,23-,24-,25-/m0/s1. The third-order valence-corrected chi connectivity index (χ3v) is 11.5. The Morgan fingerprint density at radius 2 is 1.80 bits per heavy atom. The molecule has 8 nitrogen and oxygen atoms in total. The number of benzene rings is 2. The third-order valence-electron chi connectivity index (χ3n) is 10.2. The van der Waals surface area contributed by atoms with Crippen molar-refractivity contribution in [2.75, 3.05) is 31.6 Å². The molecule has 3 heterocycles. The first-order chi connectivity index (χ1) is 21.7. The molecule has 0 spiro atoms. The number of hydrogen-bond donors (Lipinski definition) is 2. The van der Waals surface area contributed by atoms with Gasteiger partial charge in [0.25, 0.3) is 5.91 Å². The molecule has 4 fully saturated rings. The van der Waals surface area contributed by atoms with Crippen LogP contribution in [0.25, 0.3) is 10.1 Å². The quantitative estimate of drug-likeness (QED) is 0.291. The summed E-state index contributed by atoms with van der Waals surface area (Å²) in [5.41, 5.74) is 0.832. The zero-order valence-corrected chi connectivity index (χ0v) is 26.5. The summed E-state index contributed by atoms with van der Waals surface area (Å²) < 4.78 is 22.7. The number of carbonyl (C=O) groups is 3. The molecule has 2 saturated heterocycles. The van der Waals surface area contributed by atoms with Crippen molar-refractivity contribution < 1.29 is 28.6 Å². The van der Waals surface area contributed by atoms with Crippen LogP contribution in [0.5, 0.6) is 0 Å². The number of nitrogens with one attached hydrogen (secondary N) is 1. The fourth-order valence-electron chi connectivity index (χ4n) is 7.50. The van der Waals surface area contributed by atoms with Gasteiger partial charge in [-0.1, -0.05) is 29.8 Å². The fourth-order valence-corrected chi connectivity index (χ4v) is 8.68. The predicted molar refractivity (Wildman–Crippen MR) is 171 cm³/mol. The molecule has 238 valence electrons. The average Bonchev–Trinajstić information content (AvgIpc) is 3.37. The van der Waals surface area contributed by atoms with E-state index in [1.807, 2.05) is 29.2 Å². The highest BCUT2D eigenvalue weighted by Gasteiger charge is 2.49. The zero-order valence-electron chi connectivity index (χ0n) is 24.9. The monoisotopic (exact) mass is 653 g/mol. The highest BCUT2D eigenvalue weighted by Crippen LogP contribution is 2.46. The molecule has 3 aromatic rings. The molecule has 1 aromatic heterocycles. The largest absolute Gasteiger partial charge is 0.481 e. The summed E-state index contributed by atoms with van der Waals surface area (Å²) in [6, 6.07) is 10.3. The Kier molecular flexibility index (Phi) is 8.58. The second-order valence-corrected chi connectivity index (χ2v) is 14.5. The maximum Gasteiger partial charge on any atom is 0.306 e. The second kappa shape index (κ2) is 12.6. The summed E-state index contributed by atoms with van der Waals surface area (Å²) in [6.07, 6.45) is 4.56. The van der Waals surface area contributed by atoms with E-state index in [-0.39, 0.29) is 58.6 Å². The lowest BCUT2D eigenvalue weighted by molar-refractivity contribution is -0.144. The van der Waals surface area contributed by atoms with Crippen molar-refractivity contribution in [3.05, 3.63) is 63.7 Å². The lowest BCUT2D eigenvalue weighted by Crippen LogP contribution is -2.41. The first kappa shape index (κ1) is 30.6. The molecule has 45 heavy (non-hydrogen) atoms. The molecule has 2 aliphatic heterocycles. The maximum atomic E-state index is 15.4. The normalized spacial score (nSPS) is 27.9. The minimum atomic E-state index is -0.744. The summed E-state index contributed by atoms with van der Waals surface area (Å²) in [5.74, 6) is -0.647. The molecule has 11 heteroatoms. The molecule has 2 amide bonds. The van der Waals surface area contributed by atoms with Crippen LogP contribution >= 0.6 is 22.9 Å². The topological polar surface area (TPSA) is 99.2 Å². The Balaban J connectivity index is 1.02. The molecule has 0 radical (unpaired) electrons. The summed E-state index contributed by atoms with van der Waals surface area (Å²) in [5, 5.41) is 14.8. The number of hydrogen-bond acceptors (Lipinski definition) is 6. The van der Waals surface area contributed by atoms with Crippen molar-refractivity contribution in [1.82, 2.24) is 9.80 Å². The number of halogens is 2. The second-order valence-electron chi connectivity index (χ2n) is 13.1. The minimum absolute atomic E-state index is 0.0119. The Morgan fingerprint density at radius 3 is 2.56 bits per heavy atom. The molecule has 2 aromatic carbocycles. The van der Waals surface area contributed by atoms with E-state index in [2.05, 4.69) is 10.2 Å². The van der Waals surface area contributed by atoms with Crippen LogP contribution in [0, 0.1) is 23.6 Å². The van der Waals surface area contributed by atoms with Gasteiger partial charge < -0.3 is 20.1 Å². The van der Waals surface area contributed by atoms with Gasteiger partial charge in [-0.05, 0) is 74.1 Å². The lowest BCUT2D eigenvalue weighted by atomic mass is 9.87. The Bertz CT molecular complexity index is 1610. The van der Waals surface area contributed by atoms with Gasteiger partial charge in [-0.3, -0.25) is 19.3 Å². The van der Waals surface area contributed by atoms with Crippen molar-refractivity contribution in [3.8, 4) is 0 Å². The van der Waals surface area contributed by atoms with Gasteiger partial charge in [0, 0.05) is 41.1 Å². The SMILES string of the molecule is O=C(Nc1cc(F)c(CC(=O)N2C[C@@H](N3C[C@H]4C[C@H]4C3)C[C@H]2CO[C@H]2CC[C@H](C(=O)O)CC2)cc1Cl)c1csc2ccccc12. The van der Waals surface area contributed by atoms with Crippen LogP contribution in [0.4, 0.5) is 10.1 Å². The molecule has 2 N–H and O–H groups in total. The molecule has 4 atom stereocenters. The van der Waals surface area contributed by atoms with Crippen molar-refractivity contribution in [1.29, 1.82) is 0 Å². The van der Waals surface area contributed by atoms with E-state index in [4.69, 9.17) is 16.3 Å². The molecule has 0 bridgehead atoms. The Morgan fingerprint density at radius 1 is 1.04 bits per heavy atom. The number of rotatable bonds is 9. The number of fused-ring (bicyclic) bond motifs is 2. The van der Waals surface area contributed by atoms with E-state index in [0.717, 1.165) is 41.4 Å². The smallest absolute Gasteiger partial charge is 0.306 e. The summed E-state index contributed by atoms with van der Waals surface area (Å²) in [6.45, 7) is 3.11. The highest BCUT2D eigenvalue weighted by atomic mass is 35.5. The third kappa shape index (κ3) is 6.48. The number of nitrogens with zero attached hydrogens (tertiary/aromatic N) is 2. The van der Waals surface area contributed by atoms with Crippen LogP contribution in [0.15, 0.2) is 41.8 Å². The maximum absolute atomic E-state index is 15.4. The highest BCUT2D eigenvalue weighted by molar-refractivity contribution is 7.17. The number of ether oxygens (including phenoxy) is 1. The number of piperidine rings is 1. The van der Waals surface area contributed by atoms with Crippen LogP contribution in [-0.2, 0) is 20.7 Å². The molecule has 2 saturated carbocycles. The number of aliphatic carboxylic acids is 1. The van der Waals surface area contributed by atoms with Gasteiger partial charge in [0.05, 0.1) is 47.4 Å². The van der Waals surface area contributed by atoms with Crippen molar-refractivity contribution in [2.24, 2.45) is 17.8 Å². The van der Waals surface area contributed by atoms with Crippen LogP contribution in [0.1, 0.15) is 54.4 Å². The molecule has 0 unspecified atom stereocenters.